The highest BCUT2D eigenvalue weighted by Gasteiger charge is 2.39. The van der Waals surface area contributed by atoms with Gasteiger partial charge in [-0.3, -0.25) is 4.99 Å². The van der Waals surface area contributed by atoms with E-state index in [4.69, 9.17) is 4.99 Å². The monoisotopic (exact) mass is 257 g/mol. The molecule has 5 heteroatoms. The Hall–Kier alpha value is -1.65. The predicted molar refractivity (Wildman–Crippen MR) is 72.3 cm³/mol. The molecule has 0 aliphatic heterocycles. The van der Waals surface area contributed by atoms with Crippen molar-refractivity contribution >= 4 is 11.2 Å². The lowest BCUT2D eigenvalue weighted by Gasteiger charge is -2.16. The van der Waals surface area contributed by atoms with E-state index < -0.39 is 0 Å². The van der Waals surface area contributed by atoms with E-state index >= 15 is 0 Å². The van der Waals surface area contributed by atoms with Gasteiger partial charge >= 0.3 is 0 Å². The molecule has 0 radical (unpaired) electrons. The molecule has 5 nitrogen and oxygen atoms in total. The summed E-state index contributed by atoms with van der Waals surface area (Å²) in [4.78, 5) is 13.9. The molecule has 0 amide bonds. The molecular weight excluding hydrogens is 238 g/mol. The van der Waals surface area contributed by atoms with Gasteiger partial charge in [-0.1, -0.05) is 6.42 Å². The second-order valence-electron chi connectivity index (χ2n) is 6.08. The van der Waals surface area contributed by atoms with Gasteiger partial charge in [0.1, 0.15) is 5.65 Å². The minimum atomic E-state index is 0.476. The number of rotatable bonds is 1. The van der Waals surface area contributed by atoms with E-state index in [0.29, 0.717) is 6.04 Å². The van der Waals surface area contributed by atoms with E-state index in [-0.39, 0.29) is 0 Å². The summed E-state index contributed by atoms with van der Waals surface area (Å²) in [7, 11) is 4.01. The lowest BCUT2D eigenvalue weighted by molar-refractivity contribution is 0.413. The van der Waals surface area contributed by atoms with Gasteiger partial charge < -0.3 is 9.13 Å². The van der Waals surface area contributed by atoms with Crippen LogP contribution in [-0.2, 0) is 14.1 Å². The molecule has 2 aromatic heterocycles. The molecule has 2 aliphatic rings. The molecule has 0 spiro atoms. The fourth-order valence-electron chi connectivity index (χ4n) is 3.88. The van der Waals surface area contributed by atoms with Crippen molar-refractivity contribution in [2.45, 2.75) is 31.7 Å². The van der Waals surface area contributed by atoms with Gasteiger partial charge in [-0.25, -0.2) is 9.97 Å². The first-order valence-electron chi connectivity index (χ1n) is 7.09. The molecule has 2 aromatic rings. The maximum Gasteiger partial charge on any atom is 0.179 e. The molecule has 3 atom stereocenters. The molecule has 2 fully saturated rings. The minimum Gasteiger partial charge on any atom is -0.320 e. The lowest BCUT2D eigenvalue weighted by Crippen LogP contribution is -2.21. The Balaban J connectivity index is 1.85. The van der Waals surface area contributed by atoms with Gasteiger partial charge in [-0.2, -0.15) is 0 Å². The summed E-state index contributed by atoms with van der Waals surface area (Å²) in [5.74, 6) is 1.71. The lowest BCUT2D eigenvalue weighted by atomic mass is 9.96. The van der Waals surface area contributed by atoms with Crippen molar-refractivity contribution in [3.8, 4) is 0 Å². The van der Waals surface area contributed by atoms with Crippen LogP contribution in [0.1, 0.15) is 25.7 Å². The van der Waals surface area contributed by atoms with Crippen LogP contribution in [0.5, 0.6) is 0 Å². The Morgan fingerprint density at radius 1 is 1.11 bits per heavy atom. The second kappa shape index (κ2) is 3.92. The fourth-order valence-corrected chi connectivity index (χ4v) is 3.88. The Morgan fingerprint density at radius 2 is 1.89 bits per heavy atom. The van der Waals surface area contributed by atoms with Crippen LogP contribution in [0.2, 0.25) is 0 Å². The van der Waals surface area contributed by atoms with Crippen LogP contribution in [0.4, 0.5) is 0 Å². The number of imidazole rings is 1. The van der Waals surface area contributed by atoms with Crippen molar-refractivity contribution in [3.63, 3.8) is 0 Å². The Morgan fingerprint density at radius 3 is 2.58 bits per heavy atom. The SMILES string of the molecule is Cn1cnc(=NC2C[C@H]3CC[C@@H]2C3)c2ncn(C)c21. The molecule has 2 aliphatic carbocycles. The Labute approximate surface area is 112 Å². The quantitative estimate of drug-likeness (QED) is 0.775. The summed E-state index contributed by atoms with van der Waals surface area (Å²) in [6.45, 7) is 0. The first-order chi connectivity index (χ1) is 9.22. The summed E-state index contributed by atoms with van der Waals surface area (Å²) in [5, 5.41) is 0. The van der Waals surface area contributed by atoms with Crippen molar-refractivity contribution in [2.75, 3.05) is 0 Å². The van der Waals surface area contributed by atoms with E-state index in [9.17, 15) is 0 Å². The topological polar surface area (TPSA) is 48.0 Å². The molecule has 1 unspecified atom stereocenters. The van der Waals surface area contributed by atoms with E-state index in [1.165, 1.54) is 25.7 Å². The van der Waals surface area contributed by atoms with Crippen molar-refractivity contribution in [1.82, 2.24) is 19.1 Å². The van der Waals surface area contributed by atoms with Gasteiger partial charge in [0, 0.05) is 14.1 Å². The van der Waals surface area contributed by atoms with Gasteiger partial charge in [-0.05, 0) is 31.1 Å². The van der Waals surface area contributed by atoms with E-state index in [1.54, 1.807) is 0 Å². The molecular formula is C14H19N5. The van der Waals surface area contributed by atoms with Crippen molar-refractivity contribution in [1.29, 1.82) is 0 Å². The number of fused-ring (bicyclic) bond motifs is 3. The molecule has 19 heavy (non-hydrogen) atoms. The van der Waals surface area contributed by atoms with Crippen molar-refractivity contribution in [2.24, 2.45) is 30.9 Å². The molecule has 2 bridgehead atoms. The van der Waals surface area contributed by atoms with Crippen LogP contribution < -0.4 is 5.49 Å². The highest BCUT2D eigenvalue weighted by atomic mass is 15.2. The number of nitrogens with zero attached hydrogens (tertiary/aromatic N) is 5. The van der Waals surface area contributed by atoms with E-state index in [0.717, 1.165) is 28.5 Å². The van der Waals surface area contributed by atoms with E-state index in [2.05, 4.69) is 9.97 Å². The zero-order valence-electron chi connectivity index (χ0n) is 11.5. The Kier molecular flexibility index (Phi) is 2.31. The zero-order chi connectivity index (χ0) is 13.0. The third-order valence-corrected chi connectivity index (χ3v) is 4.79. The number of hydrogen-bond acceptors (Lipinski definition) is 3. The summed E-state index contributed by atoms with van der Waals surface area (Å²) < 4.78 is 4.03. The van der Waals surface area contributed by atoms with Gasteiger partial charge in [0.25, 0.3) is 0 Å². The minimum absolute atomic E-state index is 0.476. The second-order valence-corrected chi connectivity index (χ2v) is 6.08. The third-order valence-electron chi connectivity index (χ3n) is 4.79. The van der Waals surface area contributed by atoms with Crippen molar-refractivity contribution < 1.29 is 0 Å². The first kappa shape index (κ1) is 11.2. The van der Waals surface area contributed by atoms with Crippen molar-refractivity contribution in [3.05, 3.63) is 18.1 Å². The summed E-state index contributed by atoms with van der Waals surface area (Å²) in [6, 6.07) is 0.476. The Bertz CT molecular complexity index is 695. The van der Waals surface area contributed by atoms with Crippen LogP contribution in [0.25, 0.3) is 11.2 Å². The summed E-state index contributed by atoms with van der Waals surface area (Å²) in [6.07, 6.45) is 9.07. The average molecular weight is 257 g/mol. The highest BCUT2D eigenvalue weighted by Crippen LogP contribution is 2.45. The number of aryl methyl sites for hydroxylation is 2. The van der Waals surface area contributed by atoms with Gasteiger partial charge in [0.05, 0.1) is 18.7 Å². The van der Waals surface area contributed by atoms with Crippen LogP contribution in [-0.4, -0.2) is 25.1 Å². The molecule has 2 saturated carbocycles. The maximum atomic E-state index is 4.92. The average Bonchev–Trinajstić information content (AvgIpc) is 3.08. The maximum absolute atomic E-state index is 4.92. The summed E-state index contributed by atoms with van der Waals surface area (Å²) >= 11 is 0. The number of aromatic nitrogens is 4. The summed E-state index contributed by atoms with van der Waals surface area (Å²) in [5.41, 5.74) is 2.83. The number of hydrogen-bond donors (Lipinski definition) is 0. The van der Waals surface area contributed by atoms with Crippen LogP contribution >= 0.6 is 0 Å². The van der Waals surface area contributed by atoms with Crippen LogP contribution in [0.3, 0.4) is 0 Å². The molecule has 0 aromatic carbocycles. The predicted octanol–water partition coefficient (Wildman–Crippen LogP) is 1.40. The van der Waals surface area contributed by atoms with Gasteiger partial charge in [0.15, 0.2) is 11.0 Å². The van der Waals surface area contributed by atoms with Gasteiger partial charge in [0.2, 0.25) is 0 Å². The largest absolute Gasteiger partial charge is 0.320 e. The third kappa shape index (κ3) is 1.64. The molecule has 4 rings (SSSR count). The fraction of sp³-hybridized carbons (Fsp3) is 0.643. The smallest absolute Gasteiger partial charge is 0.179 e. The normalized spacial score (nSPS) is 30.6. The molecule has 2 heterocycles. The van der Waals surface area contributed by atoms with Gasteiger partial charge in [-0.15, -0.1) is 0 Å². The molecule has 100 valence electrons. The van der Waals surface area contributed by atoms with E-state index in [1.807, 2.05) is 35.9 Å². The first-order valence-corrected chi connectivity index (χ1v) is 7.09. The molecule has 0 saturated heterocycles. The standard InChI is InChI=1S/C14H19N5/c1-18-7-15-12-13(16-8-19(2)14(12)18)17-11-6-9-3-4-10(11)5-9/h7-11H,3-6H2,1-2H3/t9-,10+,11?/m0/s1. The molecule has 0 N–H and O–H groups in total. The zero-order valence-corrected chi connectivity index (χ0v) is 11.5. The van der Waals surface area contributed by atoms with Crippen LogP contribution in [0, 0.1) is 11.8 Å². The highest BCUT2D eigenvalue weighted by molar-refractivity contribution is 5.69. The van der Waals surface area contributed by atoms with Crippen LogP contribution in [0.15, 0.2) is 17.6 Å².